The monoisotopic (exact) mass is 415 g/mol. The van der Waals surface area contributed by atoms with E-state index in [-0.39, 0.29) is 18.9 Å². The van der Waals surface area contributed by atoms with E-state index < -0.39 is 12.1 Å². The first kappa shape index (κ1) is 18.9. The van der Waals surface area contributed by atoms with E-state index in [1.165, 1.54) is 0 Å². The highest BCUT2D eigenvalue weighted by atomic mass is 19.1. The lowest BCUT2D eigenvalue weighted by Gasteiger charge is -2.23. The van der Waals surface area contributed by atoms with Crippen LogP contribution in [0.3, 0.4) is 0 Å². The number of nitrogens with one attached hydrogen (secondary N) is 1. The first-order valence-electron chi connectivity index (χ1n) is 10.1. The predicted octanol–water partition coefficient (Wildman–Crippen LogP) is 0.329. The minimum Gasteiger partial charge on any atom is -0.380 e. The highest BCUT2D eigenvalue weighted by Crippen LogP contribution is 2.26. The Morgan fingerprint density at radius 2 is 2.07 bits per heavy atom. The fourth-order valence-corrected chi connectivity index (χ4v) is 3.97. The van der Waals surface area contributed by atoms with Gasteiger partial charge in [0.05, 0.1) is 25.8 Å². The molecule has 3 fully saturated rings. The molecule has 3 saturated heterocycles. The summed E-state index contributed by atoms with van der Waals surface area (Å²) in [6.07, 6.45) is 3.65. The maximum Gasteiger partial charge on any atom is 0.254 e. The number of ether oxygens (including phenoxy) is 1. The number of aromatic nitrogens is 4. The van der Waals surface area contributed by atoms with E-state index >= 15 is 0 Å². The SMILES string of the molecule is O=C1CC(=Cc2cnn3c(N4CCC(F)C4)nc(N4CCCOCC4)nc23)C(=O)N1. The predicted molar refractivity (Wildman–Crippen MR) is 106 cm³/mol. The minimum atomic E-state index is -0.907. The number of carbonyl (C=O) groups excluding carboxylic acids is 2. The van der Waals surface area contributed by atoms with Crippen molar-refractivity contribution >= 4 is 35.4 Å². The number of alkyl halides is 1. The standard InChI is InChI=1S/C19H22FN7O3/c20-14-2-4-26(11-14)19-24-18(25-3-1-6-30-7-5-25)23-16-13(10-21-27(16)19)8-12-9-15(28)22-17(12)29/h8,10,14H,1-7,9,11H2,(H,22,28,29). The third-order valence-electron chi connectivity index (χ3n) is 5.51. The molecular formula is C19H22FN7O3. The summed E-state index contributed by atoms with van der Waals surface area (Å²) in [7, 11) is 0. The van der Waals surface area contributed by atoms with E-state index in [0.717, 1.165) is 13.0 Å². The van der Waals surface area contributed by atoms with Gasteiger partial charge in [0.25, 0.3) is 5.91 Å². The molecule has 2 aromatic rings. The molecule has 2 aromatic heterocycles. The molecule has 1 N–H and O–H groups in total. The molecule has 0 aliphatic carbocycles. The van der Waals surface area contributed by atoms with E-state index in [1.807, 2.05) is 4.90 Å². The lowest BCUT2D eigenvalue weighted by molar-refractivity contribution is -0.124. The summed E-state index contributed by atoms with van der Waals surface area (Å²) in [6, 6.07) is 0. The largest absolute Gasteiger partial charge is 0.380 e. The highest BCUT2D eigenvalue weighted by Gasteiger charge is 2.28. The van der Waals surface area contributed by atoms with Crippen molar-refractivity contribution < 1.29 is 18.7 Å². The minimum absolute atomic E-state index is 0.0279. The Hall–Kier alpha value is -3.08. The number of carbonyl (C=O) groups is 2. The quantitative estimate of drug-likeness (QED) is 0.565. The third-order valence-corrected chi connectivity index (χ3v) is 5.51. The summed E-state index contributed by atoms with van der Waals surface area (Å²) < 4.78 is 21.0. The van der Waals surface area contributed by atoms with Crippen molar-refractivity contribution in [3.05, 3.63) is 17.3 Å². The van der Waals surface area contributed by atoms with E-state index in [1.54, 1.807) is 16.8 Å². The summed E-state index contributed by atoms with van der Waals surface area (Å²) in [6.45, 7) is 3.48. The molecule has 0 spiro atoms. The zero-order chi connectivity index (χ0) is 20.7. The van der Waals surface area contributed by atoms with Crippen LogP contribution in [0, 0.1) is 0 Å². The van der Waals surface area contributed by atoms with Crippen molar-refractivity contribution in [3.8, 4) is 0 Å². The Morgan fingerprint density at radius 3 is 2.83 bits per heavy atom. The Kier molecular flexibility index (Phi) is 4.81. The Balaban J connectivity index is 1.61. The average molecular weight is 415 g/mol. The number of rotatable bonds is 3. The molecule has 2 amide bonds. The Morgan fingerprint density at radius 1 is 1.17 bits per heavy atom. The second kappa shape index (κ2) is 7.63. The van der Waals surface area contributed by atoms with Gasteiger partial charge in [-0.05, 0) is 18.9 Å². The van der Waals surface area contributed by atoms with Crippen LogP contribution in [0.4, 0.5) is 16.3 Å². The Labute approximate surface area is 171 Å². The molecule has 30 heavy (non-hydrogen) atoms. The van der Waals surface area contributed by atoms with Gasteiger partial charge in [0.2, 0.25) is 17.8 Å². The summed E-state index contributed by atoms with van der Waals surface area (Å²) in [4.78, 5) is 36.9. The van der Waals surface area contributed by atoms with Gasteiger partial charge >= 0.3 is 0 Å². The third kappa shape index (κ3) is 3.49. The molecule has 10 nitrogen and oxygen atoms in total. The molecule has 1 atom stereocenters. The van der Waals surface area contributed by atoms with Crippen molar-refractivity contribution in [3.63, 3.8) is 0 Å². The normalized spacial score (nSPS) is 24.2. The van der Waals surface area contributed by atoms with Gasteiger partial charge in [-0.15, -0.1) is 0 Å². The fourth-order valence-electron chi connectivity index (χ4n) is 3.97. The van der Waals surface area contributed by atoms with Crippen LogP contribution in [0.2, 0.25) is 0 Å². The second-order valence-electron chi connectivity index (χ2n) is 7.67. The summed E-state index contributed by atoms with van der Waals surface area (Å²) >= 11 is 0. The zero-order valence-electron chi connectivity index (χ0n) is 16.4. The van der Waals surface area contributed by atoms with Crippen LogP contribution in [-0.2, 0) is 14.3 Å². The first-order chi connectivity index (χ1) is 14.6. The smallest absolute Gasteiger partial charge is 0.254 e. The molecule has 5 rings (SSSR count). The number of imide groups is 1. The van der Waals surface area contributed by atoms with Gasteiger partial charge in [-0.3, -0.25) is 14.9 Å². The molecule has 3 aliphatic rings. The van der Waals surface area contributed by atoms with Crippen LogP contribution >= 0.6 is 0 Å². The summed E-state index contributed by atoms with van der Waals surface area (Å²) in [5.74, 6) is 0.321. The molecule has 1 unspecified atom stereocenters. The lowest BCUT2D eigenvalue weighted by atomic mass is 10.1. The summed E-state index contributed by atoms with van der Waals surface area (Å²) in [5, 5.41) is 6.68. The molecule has 11 heteroatoms. The van der Waals surface area contributed by atoms with Gasteiger partial charge in [0.1, 0.15) is 6.17 Å². The van der Waals surface area contributed by atoms with Gasteiger partial charge in [-0.2, -0.15) is 19.6 Å². The van der Waals surface area contributed by atoms with E-state index in [2.05, 4.69) is 15.3 Å². The summed E-state index contributed by atoms with van der Waals surface area (Å²) in [5.41, 5.74) is 1.49. The molecule has 3 aliphatic heterocycles. The number of nitrogens with zero attached hydrogens (tertiary/aromatic N) is 6. The fraction of sp³-hybridized carbons (Fsp3) is 0.526. The van der Waals surface area contributed by atoms with Crippen molar-refractivity contribution in [2.75, 3.05) is 49.2 Å². The van der Waals surface area contributed by atoms with Crippen LogP contribution in [0.15, 0.2) is 11.8 Å². The number of anilines is 2. The van der Waals surface area contributed by atoms with Crippen LogP contribution in [-0.4, -0.2) is 77.0 Å². The lowest BCUT2D eigenvalue weighted by Crippen LogP contribution is -2.30. The number of hydrogen-bond donors (Lipinski definition) is 1. The molecule has 0 saturated carbocycles. The van der Waals surface area contributed by atoms with Gasteiger partial charge < -0.3 is 14.5 Å². The Bertz CT molecular complexity index is 1030. The first-order valence-corrected chi connectivity index (χ1v) is 10.1. The topological polar surface area (TPSA) is 105 Å². The van der Waals surface area contributed by atoms with Crippen molar-refractivity contribution in [1.29, 1.82) is 0 Å². The van der Waals surface area contributed by atoms with Gasteiger partial charge in [-0.1, -0.05) is 0 Å². The maximum atomic E-state index is 13.9. The van der Waals surface area contributed by atoms with Crippen molar-refractivity contribution in [1.82, 2.24) is 24.9 Å². The zero-order valence-corrected chi connectivity index (χ0v) is 16.4. The molecule has 0 radical (unpaired) electrons. The molecule has 0 bridgehead atoms. The average Bonchev–Trinajstić information content (AvgIpc) is 3.34. The maximum absolute atomic E-state index is 13.9. The van der Waals surface area contributed by atoms with Gasteiger partial charge in [-0.25, -0.2) is 4.39 Å². The van der Waals surface area contributed by atoms with E-state index in [0.29, 0.717) is 61.4 Å². The molecule has 5 heterocycles. The van der Waals surface area contributed by atoms with Gasteiger partial charge in [0, 0.05) is 37.4 Å². The van der Waals surface area contributed by atoms with Crippen LogP contribution < -0.4 is 15.1 Å². The van der Waals surface area contributed by atoms with Crippen molar-refractivity contribution in [2.24, 2.45) is 0 Å². The highest BCUT2D eigenvalue weighted by molar-refractivity contribution is 6.15. The van der Waals surface area contributed by atoms with Crippen LogP contribution in [0.25, 0.3) is 11.7 Å². The number of halogens is 1. The molecule has 158 valence electrons. The van der Waals surface area contributed by atoms with E-state index in [9.17, 15) is 14.0 Å². The van der Waals surface area contributed by atoms with Crippen LogP contribution in [0.5, 0.6) is 0 Å². The van der Waals surface area contributed by atoms with Gasteiger partial charge in [0.15, 0.2) is 5.65 Å². The second-order valence-corrected chi connectivity index (χ2v) is 7.67. The molecular weight excluding hydrogens is 393 g/mol. The molecule has 0 aromatic carbocycles. The van der Waals surface area contributed by atoms with Crippen LogP contribution in [0.1, 0.15) is 24.8 Å². The van der Waals surface area contributed by atoms with Crippen molar-refractivity contribution in [2.45, 2.75) is 25.4 Å². The number of hydrogen-bond acceptors (Lipinski definition) is 8. The van der Waals surface area contributed by atoms with E-state index in [4.69, 9.17) is 14.7 Å². The number of amides is 2. The number of fused-ring (bicyclic) bond motifs is 1.